The normalized spacial score (nSPS) is 11.0. The Morgan fingerprint density at radius 2 is 1.50 bits per heavy atom. The third-order valence-corrected chi connectivity index (χ3v) is 3.05. The van der Waals surface area contributed by atoms with Gasteiger partial charge in [0.25, 0.3) is 0 Å². The van der Waals surface area contributed by atoms with Crippen LogP contribution in [0.5, 0.6) is 0 Å². The molecule has 0 aromatic rings. The first-order chi connectivity index (χ1) is 9.68. The van der Waals surface area contributed by atoms with Gasteiger partial charge in [-0.25, -0.2) is 0 Å². The molecule has 0 heterocycles. The molecule has 20 heavy (non-hydrogen) atoms. The first kappa shape index (κ1) is 19.4. The van der Waals surface area contributed by atoms with Gasteiger partial charge in [-0.3, -0.25) is 4.79 Å². The van der Waals surface area contributed by atoms with Crippen molar-refractivity contribution in [3.05, 3.63) is 0 Å². The van der Waals surface area contributed by atoms with Crippen molar-refractivity contribution in [2.24, 2.45) is 5.92 Å². The maximum Gasteiger partial charge on any atom is 0.222 e. The minimum atomic E-state index is 0.0793. The van der Waals surface area contributed by atoms with E-state index in [4.69, 9.17) is 9.47 Å². The van der Waals surface area contributed by atoms with Gasteiger partial charge in [-0.1, -0.05) is 33.6 Å². The highest BCUT2D eigenvalue weighted by Gasteiger charge is 2.04. The lowest BCUT2D eigenvalue weighted by atomic mass is 10.2. The number of unbranched alkanes of at least 4 members (excludes halogenated alkanes) is 4. The number of carbonyl (C=O) groups is 1. The van der Waals surface area contributed by atoms with E-state index >= 15 is 0 Å². The van der Waals surface area contributed by atoms with Crippen LogP contribution in [0.1, 0.15) is 59.3 Å². The lowest BCUT2D eigenvalue weighted by Gasteiger charge is -2.08. The number of carbonyl (C=O) groups excluding carboxylic acids is 1. The van der Waals surface area contributed by atoms with Crippen LogP contribution in [0.2, 0.25) is 0 Å². The van der Waals surface area contributed by atoms with Gasteiger partial charge < -0.3 is 14.8 Å². The summed E-state index contributed by atoms with van der Waals surface area (Å²) < 4.78 is 11.0. The molecule has 0 bridgehead atoms. The summed E-state index contributed by atoms with van der Waals surface area (Å²) in [6.45, 7) is 9.82. The topological polar surface area (TPSA) is 47.6 Å². The summed E-state index contributed by atoms with van der Waals surface area (Å²) in [4.78, 5) is 11.3. The van der Waals surface area contributed by atoms with Crippen LogP contribution < -0.4 is 5.32 Å². The molecule has 0 aliphatic carbocycles. The van der Waals surface area contributed by atoms with E-state index in [0.29, 0.717) is 13.2 Å². The number of hydrogen-bond donors (Lipinski definition) is 1. The average molecular weight is 287 g/mol. The van der Waals surface area contributed by atoms with E-state index in [0.717, 1.165) is 45.4 Å². The zero-order chi connectivity index (χ0) is 15.1. The van der Waals surface area contributed by atoms with Crippen molar-refractivity contribution >= 4 is 5.91 Å². The minimum Gasteiger partial charge on any atom is -0.379 e. The minimum absolute atomic E-state index is 0.0793. The van der Waals surface area contributed by atoms with Crippen LogP contribution in [0, 0.1) is 5.92 Å². The summed E-state index contributed by atoms with van der Waals surface area (Å²) in [5.74, 6) is 0.220. The summed E-state index contributed by atoms with van der Waals surface area (Å²) in [5, 5.41) is 2.92. The fraction of sp³-hybridized carbons (Fsp3) is 0.938. The first-order valence-corrected chi connectivity index (χ1v) is 8.11. The van der Waals surface area contributed by atoms with Crippen LogP contribution >= 0.6 is 0 Å². The third-order valence-electron chi connectivity index (χ3n) is 3.05. The Hall–Kier alpha value is -0.610. The second-order valence-corrected chi connectivity index (χ2v) is 5.44. The van der Waals surface area contributed by atoms with Gasteiger partial charge >= 0.3 is 0 Å². The summed E-state index contributed by atoms with van der Waals surface area (Å²) in [5.41, 5.74) is 0. The van der Waals surface area contributed by atoms with Gasteiger partial charge in [-0.15, -0.1) is 0 Å². The van der Waals surface area contributed by atoms with Gasteiger partial charge in [0.05, 0.1) is 13.2 Å². The van der Waals surface area contributed by atoms with Gasteiger partial charge in [0.2, 0.25) is 5.91 Å². The SMILES string of the molecule is CCCCCOCCOCCCCCNC(=O)C(C)C. The van der Waals surface area contributed by atoms with Gasteiger partial charge in [0, 0.05) is 25.7 Å². The molecule has 4 heteroatoms. The van der Waals surface area contributed by atoms with Crippen molar-refractivity contribution in [1.29, 1.82) is 0 Å². The Kier molecular flexibility index (Phi) is 14.3. The summed E-state index contributed by atoms with van der Waals surface area (Å²) in [6, 6.07) is 0. The van der Waals surface area contributed by atoms with E-state index < -0.39 is 0 Å². The molecule has 0 aliphatic heterocycles. The quantitative estimate of drug-likeness (QED) is 0.499. The molecule has 0 rings (SSSR count). The van der Waals surface area contributed by atoms with Gasteiger partial charge in [0.15, 0.2) is 0 Å². The molecule has 0 fully saturated rings. The van der Waals surface area contributed by atoms with Crippen molar-refractivity contribution in [2.75, 3.05) is 33.0 Å². The molecule has 0 unspecified atom stereocenters. The summed E-state index contributed by atoms with van der Waals surface area (Å²) in [7, 11) is 0. The van der Waals surface area contributed by atoms with E-state index in [-0.39, 0.29) is 11.8 Å². The zero-order valence-electron chi connectivity index (χ0n) is 13.6. The maximum atomic E-state index is 11.3. The molecule has 0 saturated carbocycles. The number of hydrogen-bond acceptors (Lipinski definition) is 3. The molecular formula is C16H33NO3. The molecule has 0 aromatic heterocycles. The number of nitrogens with one attached hydrogen (secondary N) is 1. The lowest BCUT2D eigenvalue weighted by molar-refractivity contribution is -0.123. The van der Waals surface area contributed by atoms with E-state index in [1.807, 2.05) is 13.8 Å². The molecule has 1 N–H and O–H groups in total. The van der Waals surface area contributed by atoms with Crippen molar-refractivity contribution in [3.63, 3.8) is 0 Å². The predicted octanol–water partition coefficient (Wildman–Crippen LogP) is 3.15. The number of amides is 1. The molecule has 0 radical (unpaired) electrons. The van der Waals surface area contributed by atoms with E-state index in [9.17, 15) is 4.79 Å². The largest absolute Gasteiger partial charge is 0.379 e. The molecule has 4 nitrogen and oxygen atoms in total. The van der Waals surface area contributed by atoms with Crippen LogP contribution in [0.3, 0.4) is 0 Å². The Labute approximate surface area is 124 Å². The zero-order valence-corrected chi connectivity index (χ0v) is 13.6. The summed E-state index contributed by atoms with van der Waals surface area (Å²) >= 11 is 0. The standard InChI is InChI=1S/C16H33NO3/c1-4-5-8-11-19-13-14-20-12-9-6-7-10-17-16(18)15(2)3/h15H,4-14H2,1-3H3,(H,17,18). The van der Waals surface area contributed by atoms with Gasteiger partial charge in [-0.2, -0.15) is 0 Å². The second kappa shape index (κ2) is 14.8. The molecule has 0 atom stereocenters. The number of ether oxygens (including phenoxy) is 2. The Morgan fingerprint density at radius 3 is 2.05 bits per heavy atom. The van der Waals surface area contributed by atoms with Crippen molar-refractivity contribution in [2.45, 2.75) is 59.3 Å². The van der Waals surface area contributed by atoms with Gasteiger partial charge in [0.1, 0.15) is 0 Å². The second-order valence-electron chi connectivity index (χ2n) is 5.44. The fourth-order valence-corrected chi connectivity index (χ4v) is 1.70. The van der Waals surface area contributed by atoms with Gasteiger partial charge in [-0.05, 0) is 25.7 Å². The molecule has 0 aliphatic rings. The van der Waals surface area contributed by atoms with E-state index in [1.165, 1.54) is 12.8 Å². The van der Waals surface area contributed by atoms with Crippen molar-refractivity contribution in [3.8, 4) is 0 Å². The molecule has 0 saturated heterocycles. The predicted molar refractivity (Wildman–Crippen MR) is 82.9 cm³/mol. The van der Waals surface area contributed by atoms with Crippen LogP contribution in [0.25, 0.3) is 0 Å². The molecule has 120 valence electrons. The van der Waals surface area contributed by atoms with E-state index in [1.54, 1.807) is 0 Å². The van der Waals surface area contributed by atoms with Crippen LogP contribution in [-0.4, -0.2) is 38.9 Å². The molecule has 0 spiro atoms. The Bertz CT molecular complexity index is 220. The highest BCUT2D eigenvalue weighted by molar-refractivity contribution is 5.77. The van der Waals surface area contributed by atoms with Crippen LogP contribution in [0.4, 0.5) is 0 Å². The highest BCUT2D eigenvalue weighted by atomic mass is 16.5. The highest BCUT2D eigenvalue weighted by Crippen LogP contribution is 1.97. The van der Waals surface area contributed by atoms with Crippen LogP contribution in [0.15, 0.2) is 0 Å². The maximum absolute atomic E-state index is 11.3. The average Bonchev–Trinajstić information content (AvgIpc) is 2.43. The molecule has 0 aromatic carbocycles. The molecular weight excluding hydrogens is 254 g/mol. The lowest BCUT2D eigenvalue weighted by Crippen LogP contribution is -2.28. The first-order valence-electron chi connectivity index (χ1n) is 8.11. The number of rotatable bonds is 14. The van der Waals surface area contributed by atoms with Crippen LogP contribution in [-0.2, 0) is 14.3 Å². The fourth-order valence-electron chi connectivity index (χ4n) is 1.70. The monoisotopic (exact) mass is 287 g/mol. The van der Waals surface area contributed by atoms with E-state index in [2.05, 4.69) is 12.2 Å². The van der Waals surface area contributed by atoms with Crippen molar-refractivity contribution in [1.82, 2.24) is 5.32 Å². The Balaban J connectivity index is 3.04. The third kappa shape index (κ3) is 13.8. The smallest absolute Gasteiger partial charge is 0.222 e. The van der Waals surface area contributed by atoms with Crippen molar-refractivity contribution < 1.29 is 14.3 Å². The molecule has 1 amide bonds. The summed E-state index contributed by atoms with van der Waals surface area (Å²) in [6.07, 6.45) is 6.79. The Morgan fingerprint density at radius 1 is 0.900 bits per heavy atom.